The molecule has 0 radical (unpaired) electrons. The lowest BCUT2D eigenvalue weighted by atomic mass is 10.0. The van der Waals surface area contributed by atoms with E-state index in [1.165, 1.54) is 31.7 Å². The zero-order valence-corrected chi connectivity index (χ0v) is 11.2. The SMILES string of the molecule is Cc1cc(N2CCCCCC2)c([C@@H](C)O)cc1F. The third-order valence-corrected chi connectivity index (χ3v) is 3.70. The van der Waals surface area contributed by atoms with E-state index in [4.69, 9.17) is 0 Å². The maximum Gasteiger partial charge on any atom is 0.126 e. The van der Waals surface area contributed by atoms with Crippen LogP contribution in [-0.4, -0.2) is 18.2 Å². The highest BCUT2D eigenvalue weighted by molar-refractivity contribution is 5.56. The zero-order chi connectivity index (χ0) is 13.1. The van der Waals surface area contributed by atoms with Crippen molar-refractivity contribution in [2.24, 2.45) is 0 Å². The fourth-order valence-corrected chi connectivity index (χ4v) is 2.60. The van der Waals surface area contributed by atoms with Gasteiger partial charge in [0.15, 0.2) is 0 Å². The van der Waals surface area contributed by atoms with Gasteiger partial charge in [-0.05, 0) is 44.4 Å². The number of anilines is 1. The molecule has 1 N–H and O–H groups in total. The summed E-state index contributed by atoms with van der Waals surface area (Å²) in [6, 6.07) is 3.36. The smallest absolute Gasteiger partial charge is 0.126 e. The number of aliphatic hydroxyl groups is 1. The van der Waals surface area contributed by atoms with E-state index in [-0.39, 0.29) is 5.82 Å². The van der Waals surface area contributed by atoms with Crippen molar-refractivity contribution in [3.8, 4) is 0 Å². The van der Waals surface area contributed by atoms with Gasteiger partial charge in [-0.25, -0.2) is 4.39 Å². The van der Waals surface area contributed by atoms with E-state index in [1.54, 1.807) is 13.8 Å². The number of aryl methyl sites for hydroxylation is 1. The van der Waals surface area contributed by atoms with Gasteiger partial charge in [0.2, 0.25) is 0 Å². The second-order valence-electron chi connectivity index (χ2n) is 5.24. The van der Waals surface area contributed by atoms with Crippen molar-refractivity contribution >= 4 is 5.69 Å². The van der Waals surface area contributed by atoms with Crippen LogP contribution in [0.2, 0.25) is 0 Å². The van der Waals surface area contributed by atoms with Crippen LogP contribution in [0.5, 0.6) is 0 Å². The predicted molar refractivity (Wildman–Crippen MR) is 72.5 cm³/mol. The maximum atomic E-state index is 13.6. The molecule has 0 spiro atoms. The molecule has 1 aliphatic rings. The first-order chi connectivity index (χ1) is 8.59. The lowest BCUT2D eigenvalue weighted by molar-refractivity contribution is 0.199. The van der Waals surface area contributed by atoms with Gasteiger partial charge < -0.3 is 10.0 Å². The average molecular weight is 251 g/mol. The lowest BCUT2D eigenvalue weighted by Crippen LogP contribution is -2.25. The second kappa shape index (κ2) is 5.70. The minimum absolute atomic E-state index is 0.232. The summed E-state index contributed by atoms with van der Waals surface area (Å²) >= 11 is 0. The zero-order valence-electron chi connectivity index (χ0n) is 11.2. The predicted octanol–water partition coefficient (Wildman–Crippen LogP) is 3.57. The summed E-state index contributed by atoms with van der Waals surface area (Å²) in [7, 11) is 0. The molecular weight excluding hydrogens is 229 g/mol. The Hall–Kier alpha value is -1.09. The molecule has 1 aromatic carbocycles. The molecule has 1 aromatic rings. The van der Waals surface area contributed by atoms with Crippen LogP contribution in [0.15, 0.2) is 12.1 Å². The normalized spacial score (nSPS) is 18.6. The van der Waals surface area contributed by atoms with Crippen molar-refractivity contribution in [2.45, 2.75) is 45.6 Å². The van der Waals surface area contributed by atoms with E-state index in [9.17, 15) is 9.50 Å². The number of aliphatic hydroxyl groups excluding tert-OH is 1. The van der Waals surface area contributed by atoms with Gasteiger partial charge in [-0.1, -0.05) is 12.8 Å². The Morgan fingerprint density at radius 3 is 2.33 bits per heavy atom. The number of benzene rings is 1. The molecule has 2 rings (SSSR count). The summed E-state index contributed by atoms with van der Waals surface area (Å²) in [6.07, 6.45) is 4.26. The second-order valence-corrected chi connectivity index (χ2v) is 5.24. The molecule has 1 aliphatic heterocycles. The van der Waals surface area contributed by atoms with Gasteiger partial charge in [0.1, 0.15) is 5.82 Å². The molecule has 1 heterocycles. The molecule has 0 unspecified atom stereocenters. The molecule has 0 bridgehead atoms. The van der Waals surface area contributed by atoms with Crippen LogP contribution in [0.3, 0.4) is 0 Å². The van der Waals surface area contributed by atoms with Crippen LogP contribution in [-0.2, 0) is 0 Å². The van der Waals surface area contributed by atoms with Crippen molar-refractivity contribution in [2.75, 3.05) is 18.0 Å². The Labute approximate surface area is 108 Å². The Balaban J connectivity index is 2.37. The van der Waals surface area contributed by atoms with Gasteiger partial charge in [-0.15, -0.1) is 0 Å². The monoisotopic (exact) mass is 251 g/mol. The summed E-state index contributed by atoms with van der Waals surface area (Å²) in [5, 5.41) is 9.83. The molecule has 0 aromatic heterocycles. The van der Waals surface area contributed by atoms with Crippen LogP contribution in [0.4, 0.5) is 10.1 Å². The van der Waals surface area contributed by atoms with E-state index in [1.807, 2.05) is 6.07 Å². The van der Waals surface area contributed by atoms with Crippen LogP contribution >= 0.6 is 0 Å². The summed E-state index contributed by atoms with van der Waals surface area (Å²) in [4.78, 5) is 2.29. The van der Waals surface area contributed by atoms with E-state index in [0.717, 1.165) is 18.8 Å². The van der Waals surface area contributed by atoms with E-state index in [2.05, 4.69) is 4.90 Å². The van der Waals surface area contributed by atoms with E-state index in [0.29, 0.717) is 11.1 Å². The molecule has 1 fully saturated rings. The van der Waals surface area contributed by atoms with Gasteiger partial charge in [0, 0.05) is 24.3 Å². The quantitative estimate of drug-likeness (QED) is 0.868. The molecule has 1 atom stereocenters. The standard InChI is InChI=1S/C15H22FNO/c1-11-9-15(13(12(2)18)10-14(11)16)17-7-5-3-4-6-8-17/h9-10,12,18H,3-8H2,1-2H3/t12-/m1/s1. The highest BCUT2D eigenvalue weighted by Crippen LogP contribution is 2.30. The van der Waals surface area contributed by atoms with Crippen LogP contribution in [0, 0.1) is 12.7 Å². The van der Waals surface area contributed by atoms with E-state index < -0.39 is 6.10 Å². The molecular formula is C15H22FNO. The number of hydrogen-bond donors (Lipinski definition) is 1. The van der Waals surface area contributed by atoms with Gasteiger partial charge in [-0.3, -0.25) is 0 Å². The number of rotatable bonds is 2. The molecule has 0 saturated carbocycles. The van der Waals surface area contributed by atoms with Gasteiger partial charge in [-0.2, -0.15) is 0 Å². The maximum absolute atomic E-state index is 13.6. The topological polar surface area (TPSA) is 23.5 Å². The third kappa shape index (κ3) is 2.83. The molecule has 0 amide bonds. The third-order valence-electron chi connectivity index (χ3n) is 3.70. The van der Waals surface area contributed by atoms with E-state index >= 15 is 0 Å². The summed E-state index contributed by atoms with van der Waals surface area (Å²) in [5.41, 5.74) is 2.37. The van der Waals surface area contributed by atoms with Crippen LogP contribution < -0.4 is 4.90 Å². The largest absolute Gasteiger partial charge is 0.389 e. The molecule has 2 nitrogen and oxygen atoms in total. The van der Waals surface area contributed by atoms with Crippen molar-refractivity contribution < 1.29 is 9.50 Å². The fourth-order valence-electron chi connectivity index (χ4n) is 2.60. The van der Waals surface area contributed by atoms with Crippen molar-refractivity contribution in [1.29, 1.82) is 0 Å². The minimum atomic E-state index is -0.627. The summed E-state index contributed by atoms with van der Waals surface area (Å²) in [5.74, 6) is -0.232. The average Bonchev–Trinajstić information content (AvgIpc) is 2.60. The van der Waals surface area contributed by atoms with Gasteiger partial charge in [0.05, 0.1) is 6.10 Å². The lowest BCUT2D eigenvalue weighted by Gasteiger charge is -2.27. The van der Waals surface area contributed by atoms with Crippen molar-refractivity contribution in [1.82, 2.24) is 0 Å². The number of hydrogen-bond acceptors (Lipinski definition) is 2. The molecule has 100 valence electrons. The first-order valence-corrected chi connectivity index (χ1v) is 6.82. The van der Waals surface area contributed by atoms with Crippen LogP contribution in [0.1, 0.15) is 49.8 Å². The van der Waals surface area contributed by atoms with Crippen molar-refractivity contribution in [3.05, 3.63) is 29.1 Å². The fraction of sp³-hybridized carbons (Fsp3) is 0.600. The number of nitrogens with zero attached hydrogens (tertiary/aromatic N) is 1. The Kier molecular flexibility index (Phi) is 4.23. The summed E-state index contributed by atoms with van der Waals surface area (Å²) in [6.45, 7) is 5.49. The molecule has 0 aliphatic carbocycles. The van der Waals surface area contributed by atoms with Crippen molar-refractivity contribution in [3.63, 3.8) is 0 Å². The number of halogens is 1. The van der Waals surface area contributed by atoms with Crippen LogP contribution in [0.25, 0.3) is 0 Å². The Bertz CT molecular complexity index is 409. The first-order valence-electron chi connectivity index (χ1n) is 6.82. The highest BCUT2D eigenvalue weighted by atomic mass is 19.1. The van der Waals surface area contributed by atoms with Gasteiger partial charge >= 0.3 is 0 Å². The summed E-state index contributed by atoms with van der Waals surface area (Å²) < 4.78 is 13.6. The molecule has 18 heavy (non-hydrogen) atoms. The Morgan fingerprint density at radius 1 is 1.17 bits per heavy atom. The van der Waals surface area contributed by atoms with Gasteiger partial charge in [0.25, 0.3) is 0 Å². The molecule has 1 saturated heterocycles. The first kappa shape index (κ1) is 13.3. The highest BCUT2D eigenvalue weighted by Gasteiger charge is 2.18. The molecule has 3 heteroatoms. The minimum Gasteiger partial charge on any atom is -0.389 e. The Morgan fingerprint density at radius 2 is 1.78 bits per heavy atom.